The smallest absolute Gasteiger partial charge is 0.167 e. The van der Waals surface area contributed by atoms with E-state index in [4.69, 9.17) is 10.2 Å². The van der Waals surface area contributed by atoms with Gasteiger partial charge in [-0.2, -0.15) is 0 Å². The van der Waals surface area contributed by atoms with Crippen LogP contribution in [0.25, 0.3) is 11.0 Å². The Morgan fingerprint density at radius 1 is 1.42 bits per heavy atom. The van der Waals surface area contributed by atoms with Crippen molar-refractivity contribution in [1.82, 2.24) is 9.55 Å². The molecule has 4 nitrogen and oxygen atoms in total. The summed E-state index contributed by atoms with van der Waals surface area (Å²) in [6.45, 7) is 0. The molecule has 5 heteroatoms. The molecule has 0 aliphatic heterocycles. The lowest BCUT2D eigenvalue weighted by Crippen LogP contribution is -2.12. The van der Waals surface area contributed by atoms with Gasteiger partial charge >= 0.3 is 0 Å². The Morgan fingerprint density at radius 3 is 3.00 bits per heavy atom. The molecule has 0 saturated heterocycles. The van der Waals surface area contributed by atoms with Gasteiger partial charge in [-0.05, 0) is 12.1 Å². The topological polar surface area (TPSA) is 57.0 Å². The predicted octanol–water partition coefficient (Wildman–Crippen LogP) is 2.96. The Hall–Kier alpha value is -1.72. The zero-order valence-corrected chi connectivity index (χ0v) is 11.4. The zero-order chi connectivity index (χ0) is 13.2. The van der Waals surface area contributed by atoms with Crippen molar-refractivity contribution in [1.29, 1.82) is 0 Å². The number of nitrogens with zero attached hydrogens (tertiary/aromatic N) is 2. The van der Waals surface area contributed by atoms with Crippen LogP contribution >= 0.6 is 11.8 Å². The maximum atomic E-state index is 6.17. The Morgan fingerprint density at radius 2 is 2.26 bits per heavy atom. The molecule has 0 radical (unpaired) electrons. The summed E-state index contributed by atoms with van der Waals surface area (Å²) < 4.78 is 7.75. The highest BCUT2D eigenvalue weighted by Crippen LogP contribution is 2.26. The van der Waals surface area contributed by atoms with E-state index in [-0.39, 0.29) is 6.04 Å². The molecule has 0 bridgehead atoms. The first-order chi connectivity index (χ1) is 9.24. The highest BCUT2D eigenvalue weighted by molar-refractivity contribution is 7.99. The third-order valence-corrected chi connectivity index (χ3v) is 4.16. The van der Waals surface area contributed by atoms with Crippen molar-refractivity contribution in [3.05, 3.63) is 48.5 Å². The van der Waals surface area contributed by atoms with Crippen molar-refractivity contribution in [2.24, 2.45) is 12.8 Å². The summed E-state index contributed by atoms with van der Waals surface area (Å²) in [5, 5.41) is 2.06. The quantitative estimate of drug-likeness (QED) is 0.742. The van der Waals surface area contributed by atoms with Crippen LogP contribution in [0.2, 0.25) is 0 Å². The van der Waals surface area contributed by atoms with E-state index in [1.807, 2.05) is 48.1 Å². The number of furan rings is 1. The van der Waals surface area contributed by atoms with Gasteiger partial charge in [-0.1, -0.05) is 30.0 Å². The van der Waals surface area contributed by atoms with Gasteiger partial charge in [0.15, 0.2) is 5.16 Å². The molecule has 19 heavy (non-hydrogen) atoms. The Balaban J connectivity index is 1.73. The van der Waals surface area contributed by atoms with Gasteiger partial charge < -0.3 is 14.7 Å². The van der Waals surface area contributed by atoms with Crippen LogP contribution in [0.1, 0.15) is 11.8 Å². The number of para-hydroxylation sites is 1. The number of benzene rings is 1. The van der Waals surface area contributed by atoms with Crippen molar-refractivity contribution >= 4 is 22.7 Å². The Kier molecular flexibility index (Phi) is 3.31. The maximum Gasteiger partial charge on any atom is 0.167 e. The molecule has 3 rings (SSSR count). The van der Waals surface area contributed by atoms with Crippen LogP contribution in [-0.2, 0) is 7.05 Å². The fraction of sp³-hybridized carbons (Fsp3) is 0.214. The highest BCUT2D eigenvalue weighted by atomic mass is 32.2. The van der Waals surface area contributed by atoms with Crippen molar-refractivity contribution in [2.45, 2.75) is 11.2 Å². The van der Waals surface area contributed by atoms with Crippen LogP contribution in [0.4, 0.5) is 0 Å². The van der Waals surface area contributed by atoms with Crippen molar-refractivity contribution in [3.63, 3.8) is 0 Å². The number of thioether (sulfide) groups is 1. The first kappa shape index (κ1) is 12.3. The largest absolute Gasteiger partial charge is 0.459 e. The number of nitrogens with two attached hydrogens (primary N) is 1. The van der Waals surface area contributed by atoms with E-state index in [1.54, 1.807) is 18.0 Å². The molecular formula is C14H15N3OS. The van der Waals surface area contributed by atoms with Crippen LogP contribution in [0.3, 0.4) is 0 Å². The van der Waals surface area contributed by atoms with Gasteiger partial charge in [-0.25, -0.2) is 4.98 Å². The second kappa shape index (κ2) is 5.11. The van der Waals surface area contributed by atoms with E-state index < -0.39 is 0 Å². The molecule has 0 fully saturated rings. The van der Waals surface area contributed by atoms with Crippen LogP contribution in [-0.4, -0.2) is 15.3 Å². The SMILES string of the molecule is Cn1ccnc1SCC(N)c1cc2ccccc2o1. The normalized spacial score (nSPS) is 12.9. The van der Waals surface area contributed by atoms with E-state index in [2.05, 4.69) is 4.98 Å². The average molecular weight is 273 g/mol. The number of hydrogen-bond donors (Lipinski definition) is 1. The number of imidazole rings is 1. The van der Waals surface area contributed by atoms with Gasteiger partial charge in [0.2, 0.25) is 0 Å². The van der Waals surface area contributed by atoms with Crippen molar-refractivity contribution in [3.8, 4) is 0 Å². The standard InChI is InChI=1S/C14H15N3OS/c1-17-7-6-16-14(17)19-9-11(15)13-8-10-4-2-3-5-12(10)18-13/h2-8,11H,9,15H2,1H3. The first-order valence-electron chi connectivity index (χ1n) is 6.08. The molecule has 0 aliphatic carbocycles. The van der Waals surface area contributed by atoms with Crippen LogP contribution in [0, 0.1) is 0 Å². The minimum Gasteiger partial charge on any atom is -0.459 e. The van der Waals surface area contributed by atoms with E-state index in [1.165, 1.54) is 0 Å². The highest BCUT2D eigenvalue weighted by Gasteiger charge is 2.13. The predicted molar refractivity (Wildman–Crippen MR) is 77.1 cm³/mol. The van der Waals surface area contributed by atoms with Gasteiger partial charge in [0.25, 0.3) is 0 Å². The molecule has 0 amide bonds. The number of hydrogen-bond acceptors (Lipinski definition) is 4. The molecule has 0 saturated carbocycles. The second-order valence-corrected chi connectivity index (χ2v) is 5.41. The van der Waals surface area contributed by atoms with E-state index >= 15 is 0 Å². The third-order valence-electron chi connectivity index (χ3n) is 2.98. The fourth-order valence-corrected chi connectivity index (χ4v) is 2.82. The molecule has 1 atom stereocenters. The number of aromatic nitrogens is 2. The van der Waals surface area contributed by atoms with Gasteiger partial charge in [-0.3, -0.25) is 0 Å². The summed E-state index contributed by atoms with van der Waals surface area (Å²) in [5.74, 6) is 1.56. The van der Waals surface area contributed by atoms with Gasteiger partial charge in [0.1, 0.15) is 11.3 Å². The summed E-state index contributed by atoms with van der Waals surface area (Å²) >= 11 is 1.63. The minimum atomic E-state index is -0.130. The van der Waals surface area contributed by atoms with Crippen LogP contribution in [0.5, 0.6) is 0 Å². The van der Waals surface area contributed by atoms with Crippen LogP contribution < -0.4 is 5.73 Å². The summed E-state index contributed by atoms with van der Waals surface area (Å²) in [4.78, 5) is 4.26. The lowest BCUT2D eigenvalue weighted by molar-refractivity contribution is 0.516. The summed E-state index contributed by atoms with van der Waals surface area (Å²) in [5.41, 5.74) is 7.06. The fourth-order valence-electron chi connectivity index (χ4n) is 1.92. The van der Waals surface area contributed by atoms with E-state index in [9.17, 15) is 0 Å². The monoisotopic (exact) mass is 273 g/mol. The van der Waals surface area contributed by atoms with Gasteiger partial charge in [0, 0.05) is 30.6 Å². The molecule has 2 N–H and O–H groups in total. The van der Waals surface area contributed by atoms with Crippen molar-refractivity contribution in [2.75, 3.05) is 5.75 Å². The van der Waals surface area contributed by atoms with Crippen molar-refractivity contribution < 1.29 is 4.42 Å². The van der Waals surface area contributed by atoms with Gasteiger partial charge in [0.05, 0.1) is 6.04 Å². The first-order valence-corrected chi connectivity index (χ1v) is 7.07. The van der Waals surface area contributed by atoms with E-state index in [0.717, 1.165) is 27.6 Å². The lowest BCUT2D eigenvalue weighted by Gasteiger charge is -2.07. The second-order valence-electron chi connectivity index (χ2n) is 4.42. The molecule has 1 unspecified atom stereocenters. The average Bonchev–Trinajstić information content (AvgIpc) is 3.01. The third kappa shape index (κ3) is 2.52. The number of aryl methyl sites for hydroxylation is 1. The Bertz CT molecular complexity index is 656. The minimum absolute atomic E-state index is 0.130. The molecule has 0 aliphatic rings. The molecule has 2 heterocycles. The zero-order valence-electron chi connectivity index (χ0n) is 10.6. The maximum absolute atomic E-state index is 6.17. The number of rotatable bonds is 4. The molecule has 2 aromatic heterocycles. The Labute approximate surface area is 115 Å². The molecule has 1 aromatic carbocycles. The summed E-state index contributed by atoms with van der Waals surface area (Å²) in [6.07, 6.45) is 3.71. The molecule has 98 valence electrons. The molecular weight excluding hydrogens is 258 g/mol. The molecule has 3 aromatic rings. The summed E-state index contributed by atoms with van der Waals surface area (Å²) in [6, 6.07) is 9.82. The van der Waals surface area contributed by atoms with Gasteiger partial charge in [-0.15, -0.1) is 0 Å². The lowest BCUT2D eigenvalue weighted by atomic mass is 10.2. The van der Waals surface area contributed by atoms with Crippen LogP contribution in [0.15, 0.2) is 52.3 Å². The number of fused-ring (bicyclic) bond motifs is 1. The van der Waals surface area contributed by atoms with E-state index in [0.29, 0.717) is 0 Å². The summed E-state index contributed by atoms with van der Waals surface area (Å²) in [7, 11) is 1.97. The molecule has 0 spiro atoms.